The van der Waals surface area contributed by atoms with Crippen LogP contribution >= 0.6 is 0 Å². The zero-order chi connectivity index (χ0) is 39.8. The van der Waals surface area contributed by atoms with E-state index in [1.165, 1.54) is 0 Å². The summed E-state index contributed by atoms with van der Waals surface area (Å²) in [5.41, 5.74) is 11.6. The Bertz CT molecular complexity index is 3320. The van der Waals surface area contributed by atoms with E-state index in [4.69, 9.17) is 26.5 Å². The summed E-state index contributed by atoms with van der Waals surface area (Å²) in [7, 11) is 0. The van der Waals surface area contributed by atoms with E-state index in [-0.39, 0.29) is 0 Å². The van der Waals surface area contributed by atoms with Crippen molar-refractivity contribution in [2.45, 2.75) is 41.5 Å². The molecule has 5 aromatic heterocycles. The Labute approximate surface area is 334 Å². The van der Waals surface area contributed by atoms with E-state index in [0.29, 0.717) is 40.6 Å². The largest absolute Gasteiger partial charge is 0.308 e. The van der Waals surface area contributed by atoms with E-state index in [9.17, 15) is 0 Å². The maximum absolute atomic E-state index is 8.59. The van der Waals surface area contributed by atoms with Gasteiger partial charge in [-0.15, -0.1) is 0 Å². The quantitative estimate of drug-likeness (QED) is 0.161. The molecule has 0 spiro atoms. The van der Waals surface area contributed by atoms with Gasteiger partial charge in [-0.2, -0.15) is 0 Å². The molecule has 0 saturated heterocycles. The summed E-state index contributed by atoms with van der Waals surface area (Å²) < 4.78 is 4.61. The van der Waals surface area contributed by atoms with Crippen LogP contribution in [0.4, 0.5) is 5.69 Å². The standard InChI is InChI=1S/C48H36N10/c1-26-20-34(21-27(2)50-26)39-24-45(57-41-14-10-8-12-35(41)37-18-16-32(22-43(37)57)47-53-28(3)51-29(4)54-47)46(25-40(39)49-7)58-42-15-11-9-13-36(42)38-19-17-33(23-44(38)58)48-55-30(5)52-31(6)56-48/h8-25H,1-6H3. The Morgan fingerprint density at radius 3 is 1.31 bits per heavy atom. The smallest absolute Gasteiger partial charge is 0.197 e. The van der Waals surface area contributed by atoms with Crippen LogP contribution in [0.25, 0.3) is 93.7 Å². The lowest BCUT2D eigenvalue weighted by Crippen LogP contribution is -2.05. The van der Waals surface area contributed by atoms with Gasteiger partial charge in [-0.3, -0.25) is 4.98 Å². The van der Waals surface area contributed by atoms with Crippen LogP contribution in [0, 0.1) is 48.1 Å². The molecule has 0 N–H and O–H groups in total. The van der Waals surface area contributed by atoms with E-state index in [1.807, 2.05) is 47.6 Å². The molecule has 0 bridgehead atoms. The molecular formula is C48H36N10. The van der Waals surface area contributed by atoms with Crippen molar-refractivity contribution in [1.29, 1.82) is 0 Å². The highest BCUT2D eigenvalue weighted by molar-refractivity contribution is 6.13. The number of rotatable bonds is 5. The summed E-state index contributed by atoms with van der Waals surface area (Å²) >= 11 is 0. The summed E-state index contributed by atoms with van der Waals surface area (Å²) in [6.07, 6.45) is 0. The first-order chi connectivity index (χ1) is 28.1. The molecule has 0 radical (unpaired) electrons. The van der Waals surface area contributed by atoms with Crippen molar-refractivity contribution in [2.24, 2.45) is 0 Å². The summed E-state index contributed by atoms with van der Waals surface area (Å²) in [4.78, 5) is 36.7. The minimum atomic E-state index is 0.534. The molecule has 0 aliphatic carbocycles. The number of nitrogens with zero attached hydrogens (tertiary/aromatic N) is 10. The third kappa shape index (κ3) is 5.67. The summed E-state index contributed by atoms with van der Waals surface area (Å²) in [5.74, 6) is 3.90. The van der Waals surface area contributed by atoms with Crippen molar-refractivity contribution in [3.05, 3.63) is 155 Å². The lowest BCUT2D eigenvalue weighted by molar-refractivity contribution is 0.928. The molecule has 10 aromatic rings. The number of hydrogen-bond acceptors (Lipinski definition) is 7. The van der Waals surface area contributed by atoms with Crippen molar-refractivity contribution in [3.8, 4) is 45.3 Å². The third-order valence-corrected chi connectivity index (χ3v) is 10.7. The average molecular weight is 753 g/mol. The predicted octanol–water partition coefficient (Wildman–Crippen LogP) is 11.0. The minimum absolute atomic E-state index is 0.534. The number of benzene rings is 5. The molecule has 5 heterocycles. The Balaban J connectivity index is 1.36. The van der Waals surface area contributed by atoms with Gasteiger partial charge in [0.25, 0.3) is 0 Å². The summed E-state index contributed by atoms with van der Waals surface area (Å²) in [6.45, 7) is 20.1. The molecule has 5 aromatic carbocycles. The fraction of sp³-hybridized carbons (Fsp3) is 0.125. The summed E-state index contributed by atoms with van der Waals surface area (Å²) in [6, 6.07) is 38.1. The molecule has 0 fully saturated rings. The maximum atomic E-state index is 8.59. The lowest BCUT2D eigenvalue weighted by atomic mass is 10.0. The van der Waals surface area contributed by atoms with Crippen molar-refractivity contribution in [1.82, 2.24) is 44.0 Å². The first-order valence-electron chi connectivity index (χ1n) is 19.1. The van der Waals surface area contributed by atoms with E-state index in [1.54, 1.807) is 0 Å². The van der Waals surface area contributed by atoms with Gasteiger partial charge in [0.15, 0.2) is 17.3 Å². The topological polar surface area (TPSA) is 104 Å². The molecule has 0 aliphatic rings. The number of aromatic nitrogens is 9. The van der Waals surface area contributed by atoms with Crippen LogP contribution in [0.15, 0.2) is 109 Å². The van der Waals surface area contributed by atoms with Gasteiger partial charge >= 0.3 is 0 Å². The lowest BCUT2D eigenvalue weighted by Gasteiger charge is -2.20. The normalized spacial score (nSPS) is 11.6. The van der Waals surface area contributed by atoms with Gasteiger partial charge in [0, 0.05) is 44.1 Å². The van der Waals surface area contributed by atoms with E-state index in [2.05, 4.69) is 132 Å². The van der Waals surface area contributed by atoms with Crippen LogP contribution in [-0.4, -0.2) is 44.0 Å². The zero-order valence-electron chi connectivity index (χ0n) is 32.9. The first-order valence-corrected chi connectivity index (χ1v) is 19.1. The van der Waals surface area contributed by atoms with Gasteiger partial charge in [0.1, 0.15) is 23.3 Å². The van der Waals surface area contributed by atoms with Gasteiger partial charge < -0.3 is 9.13 Å². The molecule has 0 amide bonds. The SMILES string of the molecule is [C-]#[N+]c1cc(-n2c3ccccc3c3ccc(-c4nc(C)nc(C)n4)cc32)c(-n2c3ccccc3c3ccc(-c4nc(C)nc(C)n4)cc32)cc1-c1cc(C)nc(C)c1. The average Bonchev–Trinajstić information content (AvgIpc) is 3.71. The van der Waals surface area contributed by atoms with Gasteiger partial charge in [-0.25, -0.2) is 34.7 Å². The number of pyridine rings is 1. The fourth-order valence-electron chi connectivity index (χ4n) is 8.47. The van der Waals surface area contributed by atoms with E-state index < -0.39 is 0 Å². The van der Waals surface area contributed by atoms with Gasteiger partial charge in [-0.05, 0) is 101 Å². The minimum Gasteiger partial charge on any atom is -0.308 e. The molecule has 278 valence electrons. The van der Waals surface area contributed by atoms with Crippen LogP contribution < -0.4 is 0 Å². The van der Waals surface area contributed by atoms with Gasteiger partial charge in [0.2, 0.25) is 0 Å². The first kappa shape index (κ1) is 34.8. The fourth-order valence-corrected chi connectivity index (χ4v) is 8.47. The van der Waals surface area contributed by atoms with Crippen molar-refractivity contribution >= 4 is 49.3 Å². The second kappa shape index (κ2) is 13.2. The highest BCUT2D eigenvalue weighted by atomic mass is 15.1. The van der Waals surface area contributed by atoms with Crippen LogP contribution in [0.3, 0.4) is 0 Å². The number of para-hydroxylation sites is 2. The van der Waals surface area contributed by atoms with E-state index >= 15 is 0 Å². The molecule has 0 atom stereocenters. The zero-order valence-corrected chi connectivity index (χ0v) is 32.9. The molecule has 58 heavy (non-hydrogen) atoms. The highest BCUT2D eigenvalue weighted by Gasteiger charge is 2.23. The molecule has 0 unspecified atom stereocenters. The Morgan fingerprint density at radius 1 is 0.414 bits per heavy atom. The van der Waals surface area contributed by atoms with Gasteiger partial charge in [-0.1, -0.05) is 60.7 Å². The molecule has 0 aliphatic heterocycles. The second-order valence-electron chi connectivity index (χ2n) is 14.8. The number of aryl methyl sites for hydroxylation is 6. The Morgan fingerprint density at radius 2 is 0.845 bits per heavy atom. The summed E-state index contributed by atoms with van der Waals surface area (Å²) in [5, 5.41) is 4.36. The third-order valence-electron chi connectivity index (χ3n) is 10.7. The second-order valence-corrected chi connectivity index (χ2v) is 14.8. The Kier molecular flexibility index (Phi) is 7.95. The monoisotopic (exact) mass is 752 g/mol. The van der Waals surface area contributed by atoms with Crippen LogP contribution in [0.5, 0.6) is 0 Å². The Hall–Kier alpha value is -7.64. The molecular weight excluding hydrogens is 717 g/mol. The van der Waals surface area contributed by atoms with Gasteiger partial charge in [0.05, 0.1) is 40.0 Å². The highest BCUT2D eigenvalue weighted by Crippen LogP contribution is 2.44. The molecule has 10 rings (SSSR count). The number of fused-ring (bicyclic) bond motifs is 6. The van der Waals surface area contributed by atoms with Crippen LogP contribution in [0.2, 0.25) is 0 Å². The van der Waals surface area contributed by atoms with Crippen LogP contribution in [-0.2, 0) is 0 Å². The van der Waals surface area contributed by atoms with Crippen molar-refractivity contribution in [2.75, 3.05) is 0 Å². The molecule has 0 saturated carbocycles. The molecule has 10 heteroatoms. The number of hydrogen-bond donors (Lipinski definition) is 0. The van der Waals surface area contributed by atoms with Crippen molar-refractivity contribution < 1.29 is 0 Å². The van der Waals surface area contributed by atoms with E-state index in [0.717, 1.165) is 88.6 Å². The maximum Gasteiger partial charge on any atom is 0.197 e. The molecule has 10 nitrogen and oxygen atoms in total. The predicted molar refractivity (Wildman–Crippen MR) is 231 cm³/mol. The van der Waals surface area contributed by atoms with Crippen molar-refractivity contribution in [3.63, 3.8) is 0 Å². The van der Waals surface area contributed by atoms with Crippen LogP contribution in [0.1, 0.15) is 34.7 Å².